The molecule has 0 spiro atoms. The first-order valence-electron chi connectivity index (χ1n) is 5.11. The number of rotatable bonds is 5. The van der Waals surface area contributed by atoms with Crippen molar-refractivity contribution in [2.24, 2.45) is 5.73 Å². The van der Waals surface area contributed by atoms with Crippen LogP contribution in [0.25, 0.3) is 0 Å². The molecule has 15 heavy (non-hydrogen) atoms. The Morgan fingerprint density at radius 1 is 1.40 bits per heavy atom. The maximum absolute atomic E-state index is 5.77. The summed E-state index contributed by atoms with van der Waals surface area (Å²) in [5.74, 6) is 0.677. The zero-order valence-corrected chi connectivity index (χ0v) is 9.88. The molecule has 0 fully saturated rings. The lowest BCUT2D eigenvalue weighted by Gasteiger charge is -2.31. The summed E-state index contributed by atoms with van der Waals surface area (Å²) in [6.07, 6.45) is 5.04. The Hall–Kier alpha value is -0.870. The van der Waals surface area contributed by atoms with Gasteiger partial charge in [-0.1, -0.05) is 25.4 Å². The largest absolute Gasteiger partial charge is 0.362 e. The molecule has 1 rings (SSSR count). The molecule has 4 nitrogen and oxygen atoms in total. The first-order chi connectivity index (χ1) is 7.15. The smallest absolute Gasteiger partial charge is 0.149 e. The molecule has 0 aliphatic heterocycles. The summed E-state index contributed by atoms with van der Waals surface area (Å²) >= 11 is 5.76. The second-order valence-corrected chi connectivity index (χ2v) is 3.93. The van der Waals surface area contributed by atoms with E-state index in [2.05, 4.69) is 29.1 Å². The van der Waals surface area contributed by atoms with Crippen molar-refractivity contribution in [3.8, 4) is 0 Å². The Kier molecular flexibility index (Phi) is 4.29. The molecule has 3 N–H and O–H groups in total. The molecule has 0 amide bonds. The Balaban J connectivity index is 2.82. The van der Waals surface area contributed by atoms with Crippen molar-refractivity contribution in [2.45, 2.75) is 32.2 Å². The molecular weight excluding hydrogens is 212 g/mol. The molecule has 84 valence electrons. The fraction of sp³-hybridized carbons (Fsp3) is 0.600. The van der Waals surface area contributed by atoms with E-state index in [0.717, 1.165) is 12.8 Å². The van der Waals surface area contributed by atoms with Gasteiger partial charge in [0.15, 0.2) is 0 Å². The van der Waals surface area contributed by atoms with Crippen LogP contribution in [-0.4, -0.2) is 22.1 Å². The van der Waals surface area contributed by atoms with Gasteiger partial charge in [0.25, 0.3) is 0 Å². The third kappa shape index (κ3) is 3.04. The van der Waals surface area contributed by atoms with Gasteiger partial charge in [-0.05, 0) is 12.8 Å². The van der Waals surface area contributed by atoms with Crippen LogP contribution in [0.3, 0.4) is 0 Å². The fourth-order valence-electron chi connectivity index (χ4n) is 1.44. The van der Waals surface area contributed by atoms with E-state index in [1.54, 1.807) is 6.20 Å². The summed E-state index contributed by atoms with van der Waals surface area (Å²) < 4.78 is 0. The minimum atomic E-state index is -0.112. The van der Waals surface area contributed by atoms with Gasteiger partial charge in [0.05, 0.1) is 17.9 Å². The van der Waals surface area contributed by atoms with Crippen LogP contribution in [0.4, 0.5) is 5.82 Å². The Morgan fingerprint density at radius 2 is 2.07 bits per heavy atom. The summed E-state index contributed by atoms with van der Waals surface area (Å²) in [6.45, 7) is 4.76. The molecule has 0 unspecified atom stereocenters. The fourth-order valence-corrected chi connectivity index (χ4v) is 1.59. The average molecular weight is 229 g/mol. The molecule has 1 aromatic heterocycles. The molecule has 5 heteroatoms. The zero-order chi connectivity index (χ0) is 11.3. The summed E-state index contributed by atoms with van der Waals surface area (Å²) in [5.41, 5.74) is 5.66. The van der Waals surface area contributed by atoms with E-state index in [-0.39, 0.29) is 5.54 Å². The molecule has 0 aliphatic carbocycles. The number of nitrogens with one attached hydrogen (secondary N) is 1. The minimum absolute atomic E-state index is 0.112. The van der Waals surface area contributed by atoms with Gasteiger partial charge in [0.2, 0.25) is 0 Å². The van der Waals surface area contributed by atoms with Crippen LogP contribution in [-0.2, 0) is 0 Å². The second-order valence-electron chi connectivity index (χ2n) is 3.54. The van der Waals surface area contributed by atoms with Gasteiger partial charge in [-0.15, -0.1) is 0 Å². The second kappa shape index (κ2) is 5.28. The zero-order valence-electron chi connectivity index (χ0n) is 9.13. The molecule has 0 bridgehead atoms. The molecular formula is C10H17ClN4. The lowest BCUT2D eigenvalue weighted by Crippen LogP contribution is -2.44. The Morgan fingerprint density at radius 3 is 2.53 bits per heavy atom. The predicted octanol–water partition coefficient (Wildman–Crippen LogP) is 2.06. The van der Waals surface area contributed by atoms with Crippen molar-refractivity contribution in [2.75, 3.05) is 11.9 Å². The van der Waals surface area contributed by atoms with Crippen LogP contribution in [0.5, 0.6) is 0 Å². The number of halogens is 1. The Labute approximate surface area is 95.3 Å². The highest BCUT2D eigenvalue weighted by Gasteiger charge is 2.24. The average Bonchev–Trinajstić information content (AvgIpc) is 2.26. The van der Waals surface area contributed by atoms with Crippen LogP contribution in [0.1, 0.15) is 26.7 Å². The molecule has 0 aromatic carbocycles. The van der Waals surface area contributed by atoms with E-state index in [9.17, 15) is 0 Å². The monoisotopic (exact) mass is 228 g/mol. The standard InChI is InChI=1S/C10H17ClN4/c1-3-10(4-2,7-12)15-9-6-13-5-8(11)14-9/h5-6H,3-4,7,12H2,1-2H3,(H,14,15). The predicted molar refractivity (Wildman–Crippen MR) is 63.0 cm³/mol. The van der Waals surface area contributed by atoms with Crippen molar-refractivity contribution < 1.29 is 0 Å². The van der Waals surface area contributed by atoms with Gasteiger partial charge >= 0.3 is 0 Å². The highest BCUT2D eigenvalue weighted by Crippen LogP contribution is 2.20. The van der Waals surface area contributed by atoms with E-state index in [0.29, 0.717) is 17.5 Å². The van der Waals surface area contributed by atoms with Crippen LogP contribution < -0.4 is 11.1 Å². The summed E-state index contributed by atoms with van der Waals surface area (Å²) in [6, 6.07) is 0. The van der Waals surface area contributed by atoms with Gasteiger partial charge in [-0.3, -0.25) is 4.98 Å². The van der Waals surface area contributed by atoms with E-state index in [4.69, 9.17) is 17.3 Å². The molecule has 0 radical (unpaired) electrons. The highest BCUT2D eigenvalue weighted by molar-refractivity contribution is 6.29. The maximum Gasteiger partial charge on any atom is 0.149 e. The number of nitrogens with two attached hydrogens (primary N) is 1. The van der Waals surface area contributed by atoms with E-state index < -0.39 is 0 Å². The SMILES string of the molecule is CCC(CC)(CN)Nc1cncc(Cl)n1. The quantitative estimate of drug-likeness (QED) is 0.810. The third-order valence-electron chi connectivity index (χ3n) is 2.74. The Bertz CT molecular complexity index is 304. The molecule has 1 heterocycles. The number of hydrogen-bond donors (Lipinski definition) is 2. The third-order valence-corrected chi connectivity index (χ3v) is 2.92. The topological polar surface area (TPSA) is 63.8 Å². The first-order valence-corrected chi connectivity index (χ1v) is 5.49. The number of anilines is 1. The van der Waals surface area contributed by atoms with Crippen LogP contribution in [0, 0.1) is 0 Å². The van der Waals surface area contributed by atoms with Gasteiger partial charge < -0.3 is 11.1 Å². The molecule has 0 atom stereocenters. The lowest BCUT2D eigenvalue weighted by atomic mass is 9.93. The minimum Gasteiger partial charge on any atom is -0.362 e. The first kappa shape index (κ1) is 12.2. The van der Waals surface area contributed by atoms with Gasteiger partial charge in [0.1, 0.15) is 11.0 Å². The molecule has 0 aliphatic rings. The number of aromatic nitrogens is 2. The van der Waals surface area contributed by atoms with Crippen molar-refractivity contribution in [1.82, 2.24) is 9.97 Å². The highest BCUT2D eigenvalue weighted by atomic mass is 35.5. The van der Waals surface area contributed by atoms with Crippen molar-refractivity contribution >= 4 is 17.4 Å². The molecule has 0 saturated carbocycles. The lowest BCUT2D eigenvalue weighted by molar-refractivity contribution is 0.443. The molecule has 0 saturated heterocycles. The molecule has 1 aromatic rings. The summed E-state index contributed by atoms with van der Waals surface area (Å²) in [5, 5.41) is 3.69. The van der Waals surface area contributed by atoms with Gasteiger partial charge in [-0.2, -0.15) is 0 Å². The van der Waals surface area contributed by atoms with Crippen molar-refractivity contribution in [1.29, 1.82) is 0 Å². The van der Waals surface area contributed by atoms with Gasteiger partial charge in [-0.25, -0.2) is 4.98 Å². The van der Waals surface area contributed by atoms with Crippen molar-refractivity contribution in [3.05, 3.63) is 17.5 Å². The van der Waals surface area contributed by atoms with E-state index in [1.165, 1.54) is 6.20 Å². The van der Waals surface area contributed by atoms with Crippen LogP contribution in [0.15, 0.2) is 12.4 Å². The summed E-state index contributed by atoms with van der Waals surface area (Å²) in [7, 11) is 0. The maximum atomic E-state index is 5.77. The summed E-state index contributed by atoms with van der Waals surface area (Å²) in [4.78, 5) is 8.11. The van der Waals surface area contributed by atoms with Crippen LogP contribution in [0.2, 0.25) is 5.15 Å². The normalized spacial score (nSPS) is 11.5. The van der Waals surface area contributed by atoms with E-state index >= 15 is 0 Å². The van der Waals surface area contributed by atoms with Crippen LogP contribution >= 0.6 is 11.6 Å². The number of nitrogens with zero attached hydrogens (tertiary/aromatic N) is 2. The van der Waals surface area contributed by atoms with Gasteiger partial charge in [0, 0.05) is 6.54 Å². The van der Waals surface area contributed by atoms with Crippen molar-refractivity contribution in [3.63, 3.8) is 0 Å². The van der Waals surface area contributed by atoms with E-state index in [1.807, 2.05) is 0 Å². The number of hydrogen-bond acceptors (Lipinski definition) is 4.